The lowest BCUT2D eigenvalue weighted by atomic mass is 9.79. The predicted octanol–water partition coefficient (Wildman–Crippen LogP) is 0.267. The number of hydrogen-bond acceptors (Lipinski definition) is 4. The van der Waals surface area contributed by atoms with Crippen LogP contribution >= 0.6 is 0 Å². The third-order valence-electron chi connectivity index (χ3n) is 3.99. The second-order valence-electron chi connectivity index (χ2n) is 5.09. The van der Waals surface area contributed by atoms with Gasteiger partial charge in [0.1, 0.15) is 0 Å². The summed E-state index contributed by atoms with van der Waals surface area (Å²) in [5.74, 6) is 0.387. The molecule has 0 saturated carbocycles. The van der Waals surface area contributed by atoms with Gasteiger partial charge in [-0.1, -0.05) is 13.3 Å². The second kappa shape index (κ2) is 7.71. The van der Waals surface area contributed by atoms with Crippen molar-refractivity contribution >= 4 is 5.91 Å². The number of aliphatic hydroxyl groups is 1. The van der Waals surface area contributed by atoms with Crippen LogP contribution in [0.1, 0.15) is 32.6 Å². The lowest BCUT2D eigenvalue weighted by Crippen LogP contribution is -2.50. The van der Waals surface area contributed by atoms with Crippen LogP contribution in [-0.4, -0.2) is 43.9 Å². The van der Waals surface area contributed by atoms with Crippen LogP contribution in [0, 0.1) is 11.3 Å². The van der Waals surface area contributed by atoms with E-state index in [1.54, 1.807) is 0 Å². The van der Waals surface area contributed by atoms with Gasteiger partial charge in [-0.25, -0.2) is 0 Å². The highest BCUT2D eigenvalue weighted by Gasteiger charge is 2.38. The van der Waals surface area contributed by atoms with Crippen molar-refractivity contribution in [3.63, 3.8) is 0 Å². The minimum atomic E-state index is -0.449. The summed E-state index contributed by atoms with van der Waals surface area (Å²) < 4.78 is 5.29. The van der Waals surface area contributed by atoms with Crippen molar-refractivity contribution in [2.45, 2.75) is 32.6 Å². The van der Waals surface area contributed by atoms with E-state index in [-0.39, 0.29) is 12.5 Å². The standard InChI is InChI=1S/C13H26N2O3/c1-2-11(3-6-16)9-15-12(17)13(10-14)4-7-18-8-5-13/h11,16H,2-10,14H2,1H3,(H,15,17). The van der Waals surface area contributed by atoms with E-state index in [4.69, 9.17) is 15.6 Å². The maximum Gasteiger partial charge on any atom is 0.227 e. The summed E-state index contributed by atoms with van der Waals surface area (Å²) in [6.45, 7) is 4.46. The Bertz CT molecular complexity index is 253. The summed E-state index contributed by atoms with van der Waals surface area (Å²) in [4.78, 5) is 12.3. The molecule has 0 spiro atoms. The molecule has 5 heteroatoms. The number of hydrogen-bond donors (Lipinski definition) is 3. The van der Waals surface area contributed by atoms with E-state index in [1.165, 1.54) is 0 Å². The number of rotatable bonds is 7. The molecule has 1 heterocycles. The molecule has 1 unspecified atom stereocenters. The summed E-state index contributed by atoms with van der Waals surface area (Å²) in [6, 6.07) is 0. The number of ether oxygens (including phenoxy) is 1. The number of carbonyl (C=O) groups is 1. The molecule has 106 valence electrons. The lowest BCUT2D eigenvalue weighted by molar-refractivity contribution is -0.136. The molecule has 0 aromatic carbocycles. The molecule has 0 aromatic rings. The second-order valence-corrected chi connectivity index (χ2v) is 5.09. The Labute approximate surface area is 109 Å². The molecule has 1 aliphatic heterocycles. The van der Waals surface area contributed by atoms with Gasteiger partial charge in [-0.05, 0) is 25.2 Å². The van der Waals surface area contributed by atoms with Crippen LogP contribution in [0.5, 0.6) is 0 Å². The normalized spacial score (nSPS) is 20.4. The third-order valence-corrected chi connectivity index (χ3v) is 3.99. The zero-order chi connectivity index (χ0) is 13.4. The maximum absolute atomic E-state index is 12.3. The molecule has 1 rings (SSSR count). The first-order valence-electron chi connectivity index (χ1n) is 6.85. The Morgan fingerprint density at radius 1 is 1.50 bits per heavy atom. The van der Waals surface area contributed by atoms with Crippen molar-refractivity contribution in [2.75, 3.05) is 32.9 Å². The fourth-order valence-electron chi connectivity index (χ4n) is 2.34. The van der Waals surface area contributed by atoms with Gasteiger partial charge < -0.3 is 20.9 Å². The molecule has 0 aromatic heterocycles. The van der Waals surface area contributed by atoms with E-state index in [2.05, 4.69) is 12.2 Å². The number of aliphatic hydroxyl groups excluding tert-OH is 1. The largest absolute Gasteiger partial charge is 0.396 e. The molecule has 0 bridgehead atoms. The molecule has 4 N–H and O–H groups in total. The van der Waals surface area contributed by atoms with E-state index >= 15 is 0 Å². The Morgan fingerprint density at radius 3 is 2.67 bits per heavy atom. The summed E-state index contributed by atoms with van der Waals surface area (Å²) >= 11 is 0. The third kappa shape index (κ3) is 3.93. The average Bonchev–Trinajstić information content (AvgIpc) is 2.43. The van der Waals surface area contributed by atoms with Crippen LogP contribution in [-0.2, 0) is 9.53 Å². The highest BCUT2D eigenvalue weighted by Crippen LogP contribution is 2.29. The molecule has 1 saturated heterocycles. The number of amides is 1. The Morgan fingerprint density at radius 2 is 2.17 bits per heavy atom. The topological polar surface area (TPSA) is 84.6 Å². The van der Waals surface area contributed by atoms with E-state index in [0.29, 0.717) is 45.1 Å². The van der Waals surface area contributed by atoms with Crippen LogP contribution in [0.4, 0.5) is 0 Å². The Hall–Kier alpha value is -0.650. The first-order valence-corrected chi connectivity index (χ1v) is 6.85. The van der Waals surface area contributed by atoms with Crippen LogP contribution in [0.2, 0.25) is 0 Å². The fourth-order valence-corrected chi connectivity index (χ4v) is 2.34. The van der Waals surface area contributed by atoms with E-state index in [0.717, 1.165) is 12.8 Å². The molecule has 5 nitrogen and oxygen atoms in total. The first kappa shape index (κ1) is 15.4. The van der Waals surface area contributed by atoms with Gasteiger partial charge in [0.2, 0.25) is 5.91 Å². The minimum Gasteiger partial charge on any atom is -0.396 e. The van der Waals surface area contributed by atoms with Crippen molar-refractivity contribution in [2.24, 2.45) is 17.1 Å². The fraction of sp³-hybridized carbons (Fsp3) is 0.923. The van der Waals surface area contributed by atoms with Crippen molar-refractivity contribution in [1.82, 2.24) is 5.32 Å². The highest BCUT2D eigenvalue weighted by atomic mass is 16.5. The van der Waals surface area contributed by atoms with Crippen LogP contribution < -0.4 is 11.1 Å². The van der Waals surface area contributed by atoms with Crippen molar-refractivity contribution in [3.8, 4) is 0 Å². The molecule has 1 atom stereocenters. The van der Waals surface area contributed by atoms with Crippen molar-refractivity contribution in [3.05, 3.63) is 0 Å². The van der Waals surface area contributed by atoms with Gasteiger partial charge in [0, 0.05) is 32.9 Å². The maximum atomic E-state index is 12.3. The van der Waals surface area contributed by atoms with E-state index in [1.807, 2.05) is 0 Å². The Kier molecular flexibility index (Phi) is 6.60. The SMILES string of the molecule is CCC(CCO)CNC(=O)C1(CN)CCOCC1. The number of carbonyl (C=O) groups excluding carboxylic acids is 1. The first-order chi connectivity index (χ1) is 8.68. The summed E-state index contributed by atoms with van der Waals surface area (Å²) in [5.41, 5.74) is 5.33. The van der Waals surface area contributed by atoms with Gasteiger partial charge in [-0.2, -0.15) is 0 Å². The van der Waals surface area contributed by atoms with Crippen molar-refractivity contribution < 1.29 is 14.6 Å². The molecule has 1 amide bonds. The molecular formula is C13H26N2O3. The average molecular weight is 258 g/mol. The number of nitrogens with two attached hydrogens (primary N) is 1. The summed E-state index contributed by atoms with van der Waals surface area (Å²) in [7, 11) is 0. The van der Waals surface area contributed by atoms with E-state index in [9.17, 15) is 4.79 Å². The van der Waals surface area contributed by atoms with Crippen LogP contribution in [0.25, 0.3) is 0 Å². The highest BCUT2D eigenvalue weighted by molar-refractivity contribution is 5.83. The van der Waals surface area contributed by atoms with Gasteiger partial charge >= 0.3 is 0 Å². The smallest absolute Gasteiger partial charge is 0.227 e. The molecule has 0 radical (unpaired) electrons. The van der Waals surface area contributed by atoms with Crippen LogP contribution in [0.3, 0.4) is 0 Å². The summed E-state index contributed by atoms with van der Waals surface area (Å²) in [5, 5.41) is 11.9. The van der Waals surface area contributed by atoms with Gasteiger partial charge in [-0.15, -0.1) is 0 Å². The van der Waals surface area contributed by atoms with Gasteiger partial charge in [0.05, 0.1) is 5.41 Å². The molecule has 0 aliphatic carbocycles. The van der Waals surface area contributed by atoms with E-state index < -0.39 is 5.41 Å². The molecule has 1 fully saturated rings. The molecular weight excluding hydrogens is 232 g/mol. The molecule has 1 aliphatic rings. The Balaban J connectivity index is 2.46. The number of nitrogens with one attached hydrogen (secondary N) is 1. The van der Waals surface area contributed by atoms with Crippen molar-refractivity contribution in [1.29, 1.82) is 0 Å². The van der Waals surface area contributed by atoms with Crippen LogP contribution in [0.15, 0.2) is 0 Å². The lowest BCUT2D eigenvalue weighted by Gasteiger charge is -2.35. The monoisotopic (exact) mass is 258 g/mol. The zero-order valence-corrected chi connectivity index (χ0v) is 11.3. The minimum absolute atomic E-state index is 0.0460. The van der Waals surface area contributed by atoms with Gasteiger partial charge in [0.15, 0.2) is 0 Å². The zero-order valence-electron chi connectivity index (χ0n) is 11.3. The molecule has 18 heavy (non-hydrogen) atoms. The summed E-state index contributed by atoms with van der Waals surface area (Å²) in [6.07, 6.45) is 3.09. The van der Waals surface area contributed by atoms with Gasteiger partial charge in [0.25, 0.3) is 0 Å². The van der Waals surface area contributed by atoms with Gasteiger partial charge in [-0.3, -0.25) is 4.79 Å². The predicted molar refractivity (Wildman–Crippen MR) is 70.0 cm³/mol. The quantitative estimate of drug-likeness (QED) is 0.612.